The molecule has 2 heterocycles. The van der Waals surface area contributed by atoms with Gasteiger partial charge in [0.05, 0.1) is 22.0 Å². The minimum absolute atomic E-state index is 0.371. The fraction of sp³-hybridized carbons (Fsp3) is 0.0952. The maximum Gasteiger partial charge on any atom is 0.0725 e. The first-order valence-electron chi connectivity index (χ1n) is 23.2. The summed E-state index contributed by atoms with van der Waals surface area (Å²) in [5, 5.41) is 1.29. The van der Waals surface area contributed by atoms with Gasteiger partial charge in [-0.05, 0) is 139 Å². The molecule has 0 fully saturated rings. The van der Waals surface area contributed by atoms with Gasteiger partial charge in [0.1, 0.15) is 0 Å². The van der Waals surface area contributed by atoms with Crippen LogP contribution < -0.4 is 0 Å². The highest BCUT2D eigenvalue weighted by molar-refractivity contribution is 6.03. The molecule has 0 saturated heterocycles. The van der Waals surface area contributed by atoms with Crippen LogP contribution >= 0.6 is 0 Å². The van der Waals surface area contributed by atoms with E-state index >= 15 is 0 Å². The summed E-state index contributed by atoms with van der Waals surface area (Å²) >= 11 is 0. The molecule has 2 nitrogen and oxygen atoms in total. The van der Waals surface area contributed by atoms with Gasteiger partial charge in [-0.1, -0.05) is 182 Å². The molecule has 7 aromatic carbocycles. The summed E-state index contributed by atoms with van der Waals surface area (Å²) in [6.07, 6.45) is 22.6. The number of hydrogen-bond acceptors (Lipinski definition) is 1. The van der Waals surface area contributed by atoms with Gasteiger partial charge in [0.15, 0.2) is 0 Å². The Bertz CT molecular complexity index is 3550. The Balaban J connectivity index is 0.980. The van der Waals surface area contributed by atoms with Gasteiger partial charge in [-0.25, -0.2) is 0 Å². The van der Waals surface area contributed by atoms with Crippen LogP contribution in [0.15, 0.2) is 230 Å². The molecule has 2 heteroatoms. The molecule has 0 N–H and O–H groups in total. The van der Waals surface area contributed by atoms with Crippen molar-refractivity contribution in [1.82, 2.24) is 9.55 Å². The maximum atomic E-state index is 4.74. The van der Waals surface area contributed by atoms with Crippen molar-refractivity contribution in [2.75, 3.05) is 0 Å². The molecule has 5 aliphatic carbocycles. The Morgan fingerprint density at radius 1 is 0.492 bits per heavy atom. The summed E-state index contributed by atoms with van der Waals surface area (Å²) in [4.78, 5) is 4.74. The van der Waals surface area contributed by atoms with Crippen molar-refractivity contribution in [3.8, 4) is 61.5 Å². The van der Waals surface area contributed by atoms with Crippen molar-refractivity contribution in [2.24, 2.45) is 0 Å². The van der Waals surface area contributed by atoms with E-state index in [9.17, 15) is 0 Å². The minimum Gasteiger partial charge on any atom is -0.309 e. The van der Waals surface area contributed by atoms with E-state index in [2.05, 4.69) is 217 Å². The van der Waals surface area contributed by atoms with Crippen LogP contribution in [0.4, 0.5) is 0 Å². The predicted octanol–water partition coefficient (Wildman–Crippen LogP) is 15.5. The lowest BCUT2D eigenvalue weighted by Gasteiger charge is -2.38. The zero-order valence-electron chi connectivity index (χ0n) is 36.0. The second-order valence-electron chi connectivity index (χ2n) is 18.3. The normalized spacial score (nSPS) is 17.8. The van der Waals surface area contributed by atoms with Crippen LogP contribution in [0, 0.1) is 0 Å². The SMILES string of the molecule is C1=CCCC(C2(C3=CCCC=C3)c3ccncc3-c3ccc4c(cc(-c5ccc(-c6cccc7c6-c6ccccc6C76c7ccccc7-c7ccccc76)cc5)n4-c4ccccc4)c32)=C1. The molecule has 14 rings (SSSR count). The Labute approximate surface area is 379 Å². The van der Waals surface area contributed by atoms with E-state index in [1.807, 2.05) is 6.20 Å². The summed E-state index contributed by atoms with van der Waals surface area (Å²) in [6, 6.07) is 64.1. The largest absolute Gasteiger partial charge is 0.309 e. The van der Waals surface area contributed by atoms with Crippen molar-refractivity contribution in [1.29, 1.82) is 0 Å². The molecule has 2 aromatic heterocycles. The zero-order valence-corrected chi connectivity index (χ0v) is 36.0. The second-order valence-corrected chi connectivity index (χ2v) is 18.3. The quantitative estimate of drug-likeness (QED) is 0.169. The Hall–Kier alpha value is -7.81. The molecule has 0 amide bonds. The number of rotatable bonds is 5. The Morgan fingerprint density at radius 3 is 1.91 bits per heavy atom. The first-order valence-corrected chi connectivity index (χ1v) is 23.2. The van der Waals surface area contributed by atoms with Gasteiger partial charge >= 0.3 is 0 Å². The molecular weight excluding hydrogens is 785 g/mol. The lowest BCUT2D eigenvalue weighted by atomic mass is 9.63. The zero-order chi connectivity index (χ0) is 42.7. The van der Waals surface area contributed by atoms with Gasteiger partial charge in [0, 0.05) is 29.0 Å². The number of nitrogens with zero attached hydrogens (tertiary/aromatic N) is 2. The molecule has 65 heavy (non-hydrogen) atoms. The standard InChI is InChI=1S/C63H44N2/c1-4-17-43(18-5-1)62(44-19-6-2-7-20-44)56-37-38-64-40-52(56)49-35-36-58-51(61(49)62)39-59(65(58)45-21-8-3-9-22-45)42-33-31-41(32-34-42)46-26-16-30-57-60(46)50-25-12-15-29-55(50)63(57)53-27-13-10-23-47(53)48-24-11-14-28-54(48)63/h1,3-4,6,8-17,19-40H,2,5,7,18H2. The fourth-order valence-corrected chi connectivity index (χ4v) is 12.9. The average molecular weight is 829 g/mol. The Morgan fingerprint density at radius 2 is 1.17 bits per heavy atom. The molecule has 0 aliphatic heterocycles. The number of aromatic nitrogens is 2. The second kappa shape index (κ2) is 13.8. The molecule has 0 radical (unpaired) electrons. The minimum atomic E-state index is -0.416. The molecule has 5 aliphatic rings. The highest BCUT2D eigenvalue weighted by atomic mass is 15.0. The number of pyridine rings is 1. The molecule has 0 bridgehead atoms. The third kappa shape index (κ3) is 4.81. The highest BCUT2D eigenvalue weighted by Gasteiger charge is 2.52. The number of para-hydroxylation sites is 1. The van der Waals surface area contributed by atoms with Crippen LogP contribution in [-0.2, 0) is 10.8 Å². The van der Waals surface area contributed by atoms with Crippen molar-refractivity contribution in [2.45, 2.75) is 36.5 Å². The molecule has 306 valence electrons. The summed E-state index contributed by atoms with van der Waals surface area (Å²) in [5.74, 6) is 0. The van der Waals surface area contributed by atoms with Gasteiger partial charge in [0.2, 0.25) is 0 Å². The van der Waals surface area contributed by atoms with Crippen molar-refractivity contribution in [3.05, 3.63) is 263 Å². The van der Waals surface area contributed by atoms with Gasteiger partial charge in [-0.3, -0.25) is 4.98 Å². The fourth-order valence-electron chi connectivity index (χ4n) is 12.9. The van der Waals surface area contributed by atoms with E-state index in [4.69, 9.17) is 4.98 Å². The number of fused-ring (bicyclic) bond motifs is 15. The molecule has 1 spiro atoms. The van der Waals surface area contributed by atoms with Crippen LogP contribution in [0.3, 0.4) is 0 Å². The maximum absolute atomic E-state index is 4.74. The van der Waals surface area contributed by atoms with Gasteiger partial charge < -0.3 is 4.57 Å². The lowest BCUT2D eigenvalue weighted by molar-refractivity contribution is 0.687. The smallest absolute Gasteiger partial charge is 0.0725 e. The van der Waals surface area contributed by atoms with Crippen molar-refractivity contribution in [3.63, 3.8) is 0 Å². The Kier molecular flexibility index (Phi) is 7.81. The van der Waals surface area contributed by atoms with Crippen LogP contribution in [0.5, 0.6) is 0 Å². The summed E-state index contributed by atoms with van der Waals surface area (Å²) in [5.41, 5.74) is 25.3. The van der Waals surface area contributed by atoms with E-state index in [1.165, 1.54) is 111 Å². The average Bonchev–Trinajstić information content (AvgIpc) is 4.10. The topological polar surface area (TPSA) is 17.8 Å². The van der Waals surface area contributed by atoms with E-state index in [0.717, 1.165) is 31.4 Å². The monoisotopic (exact) mass is 828 g/mol. The summed E-state index contributed by atoms with van der Waals surface area (Å²) in [6.45, 7) is 0. The van der Waals surface area contributed by atoms with Crippen molar-refractivity contribution >= 4 is 10.9 Å². The number of hydrogen-bond donors (Lipinski definition) is 0. The van der Waals surface area contributed by atoms with Crippen LogP contribution in [0.1, 0.15) is 59.1 Å². The first kappa shape index (κ1) is 36.7. The predicted molar refractivity (Wildman–Crippen MR) is 267 cm³/mol. The molecule has 0 saturated carbocycles. The van der Waals surface area contributed by atoms with E-state index in [0.29, 0.717) is 0 Å². The molecule has 1 atom stereocenters. The first-order chi connectivity index (χ1) is 32.3. The molecule has 9 aromatic rings. The van der Waals surface area contributed by atoms with Crippen LogP contribution in [-0.4, -0.2) is 9.55 Å². The lowest BCUT2D eigenvalue weighted by Crippen LogP contribution is -2.31. The van der Waals surface area contributed by atoms with E-state index in [1.54, 1.807) is 0 Å². The third-order valence-electron chi connectivity index (χ3n) is 15.3. The van der Waals surface area contributed by atoms with Crippen molar-refractivity contribution < 1.29 is 0 Å². The number of benzene rings is 7. The van der Waals surface area contributed by atoms with Gasteiger partial charge in [0.25, 0.3) is 0 Å². The van der Waals surface area contributed by atoms with Gasteiger partial charge in [-0.15, -0.1) is 0 Å². The highest BCUT2D eigenvalue weighted by Crippen LogP contribution is 2.64. The van der Waals surface area contributed by atoms with E-state index in [-0.39, 0.29) is 5.41 Å². The third-order valence-corrected chi connectivity index (χ3v) is 15.3. The molecular formula is C63H44N2. The van der Waals surface area contributed by atoms with E-state index < -0.39 is 5.41 Å². The van der Waals surface area contributed by atoms with Crippen LogP contribution in [0.2, 0.25) is 0 Å². The molecule has 1 unspecified atom stereocenters. The summed E-state index contributed by atoms with van der Waals surface area (Å²) < 4.78 is 2.49. The van der Waals surface area contributed by atoms with Gasteiger partial charge in [-0.2, -0.15) is 0 Å². The van der Waals surface area contributed by atoms with Crippen LogP contribution in [0.25, 0.3) is 72.4 Å². The number of allylic oxidation sites excluding steroid dienone is 8. The summed E-state index contributed by atoms with van der Waals surface area (Å²) in [7, 11) is 0.